The van der Waals surface area contributed by atoms with Gasteiger partial charge >= 0.3 is 0 Å². The van der Waals surface area contributed by atoms with Gasteiger partial charge in [0.25, 0.3) is 0 Å². The van der Waals surface area contributed by atoms with Gasteiger partial charge in [0.05, 0.1) is 11.4 Å². The molecule has 0 fully saturated rings. The maximum absolute atomic E-state index is 13.2. The van der Waals surface area contributed by atoms with E-state index in [1.807, 2.05) is 0 Å². The zero-order chi connectivity index (χ0) is 12.1. The minimum absolute atomic E-state index is 0.239. The largest absolute Gasteiger partial charge is 0.305 e. The predicted molar refractivity (Wildman–Crippen MR) is 58.9 cm³/mol. The van der Waals surface area contributed by atoms with Crippen molar-refractivity contribution in [2.45, 2.75) is 13.1 Å². The molecule has 0 amide bonds. The Labute approximate surface area is 97.5 Å². The normalized spacial score (nSPS) is 10.5. The summed E-state index contributed by atoms with van der Waals surface area (Å²) in [6.07, 6.45) is 3.03. The van der Waals surface area contributed by atoms with Gasteiger partial charge in [-0.2, -0.15) is 0 Å². The molecule has 0 unspecified atom stereocenters. The molecule has 2 heterocycles. The van der Waals surface area contributed by atoms with E-state index in [9.17, 15) is 8.78 Å². The Morgan fingerprint density at radius 3 is 1.76 bits per heavy atom. The molecule has 0 spiro atoms. The number of aromatic nitrogens is 2. The molecule has 0 bridgehead atoms. The van der Waals surface area contributed by atoms with Crippen molar-refractivity contribution in [3.63, 3.8) is 0 Å². The number of hydrogen-bond donors (Lipinski definition) is 1. The first kappa shape index (κ1) is 11.6. The van der Waals surface area contributed by atoms with Gasteiger partial charge in [-0.25, -0.2) is 8.78 Å². The van der Waals surface area contributed by atoms with E-state index in [4.69, 9.17) is 0 Å². The summed E-state index contributed by atoms with van der Waals surface area (Å²) in [5.74, 6) is -0.747. The second-order valence-electron chi connectivity index (χ2n) is 3.47. The van der Waals surface area contributed by atoms with E-state index in [0.29, 0.717) is 11.4 Å². The summed E-state index contributed by atoms with van der Waals surface area (Å²) < 4.78 is 26.4. The molecule has 2 aromatic rings. The van der Waals surface area contributed by atoms with E-state index in [2.05, 4.69) is 15.3 Å². The summed E-state index contributed by atoms with van der Waals surface area (Å²) in [6, 6.07) is 5.73. The highest BCUT2D eigenvalue weighted by Crippen LogP contribution is 2.04. The van der Waals surface area contributed by atoms with Crippen LogP contribution in [0.2, 0.25) is 0 Å². The zero-order valence-corrected chi connectivity index (χ0v) is 9.03. The average molecular weight is 235 g/mol. The second-order valence-corrected chi connectivity index (χ2v) is 3.47. The molecule has 1 N–H and O–H groups in total. The zero-order valence-electron chi connectivity index (χ0n) is 9.03. The van der Waals surface area contributed by atoms with E-state index in [0.717, 1.165) is 0 Å². The molecule has 0 saturated heterocycles. The molecule has 5 heteroatoms. The molecule has 88 valence electrons. The minimum atomic E-state index is -0.374. The molecule has 0 radical (unpaired) electrons. The Hall–Kier alpha value is -1.88. The molecule has 0 saturated carbocycles. The van der Waals surface area contributed by atoms with Gasteiger partial charge < -0.3 is 5.32 Å². The third kappa shape index (κ3) is 3.04. The Morgan fingerprint density at radius 2 is 1.35 bits per heavy atom. The number of nitrogens with one attached hydrogen (secondary N) is 1. The molecule has 0 aromatic carbocycles. The lowest BCUT2D eigenvalue weighted by Crippen LogP contribution is -2.16. The summed E-state index contributed by atoms with van der Waals surface area (Å²) in [6.45, 7) is 0.478. The van der Waals surface area contributed by atoms with Crippen LogP contribution in [0.25, 0.3) is 0 Å². The summed E-state index contributed by atoms with van der Waals surface area (Å²) >= 11 is 0. The third-order valence-corrected chi connectivity index (χ3v) is 2.25. The number of pyridine rings is 2. The fraction of sp³-hybridized carbons (Fsp3) is 0.167. The van der Waals surface area contributed by atoms with Gasteiger partial charge in [0, 0.05) is 25.5 Å². The highest BCUT2D eigenvalue weighted by molar-refractivity contribution is 5.09. The smallest absolute Gasteiger partial charge is 0.146 e. The number of rotatable bonds is 4. The molecular weight excluding hydrogens is 224 g/mol. The van der Waals surface area contributed by atoms with Crippen LogP contribution in [-0.4, -0.2) is 9.97 Å². The highest BCUT2D eigenvalue weighted by atomic mass is 19.1. The van der Waals surface area contributed by atoms with Crippen LogP contribution in [0.5, 0.6) is 0 Å². The standard InChI is InChI=1S/C12H11F2N3/c13-9-3-1-5-16-11(9)7-15-8-12-10(14)4-2-6-17-12/h1-6,15H,7-8H2. The minimum Gasteiger partial charge on any atom is -0.305 e. The van der Waals surface area contributed by atoms with Gasteiger partial charge in [-0.3, -0.25) is 9.97 Å². The summed E-state index contributed by atoms with van der Waals surface area (Å²) in [7, 11) is 0. The molecule has 0 atom stereocenters. The van der Waals surface area contributed by atoms with Crippen molar-refractivity contribution in [3.8, 4) is 0 Å². The predicted octanol–water partition coefficient (Wildman–Crippen LogP) is 2.04. The molecule has 2 aromatic heterocycles. The van der Waals surface area contributed by atoms with E-state index < -0.39 is 0 Å². The number of nitrogens with zero attached hydrogens (tertiary/aromatic N) is 2. The second kappa shape index (κ2) is 5.45. The van der Waals surface area contributed by atoms with Crippen molar-refractivity contribution >= 4 is 0 Å². The Bertz CT molecular complexity index is 457. The number of hydrogen-bond acceptors (Lipinski definition) is 3. The third-order valence-electron chi connectivity index (χ3n) is 2.25. The van der Waals surface area contributed by atoms with Gasteiger partial charge in [-0.1, -0.05) is 0 Å². The number of halogens is 2. The fourth-order valence-corrected chi connectivity index (χ4v) is 1.40. The summed E-state index contributed by atoms with van der Waals surface area (Å²) in [5.41, 5.74) is 0.618. The first-order valence-corrected chi connectivity index (χ1v) is 5.17. The van der Waals surface area contributed by atoms with Gasteiger partial charge in [0.1, 0.15) is 11.6 Å². The summed E-state index contributed by atoms with van der Waals surface area (Å²) in [5, 5.41) is 2.89. The van der Waals surface area contributed by atoms with Crippen molar-refractivity contribution in [3.05, 3.63) is 59.7 Å². The first-order chi connectivity index (χ1) is 8.27. The van der Waals surface area contributed by atoms with E-state index in [1.165, 1.54) is 36.7 Å². The lowest BCUT2D eigenvalue weighted by molar-refractivity contribution is 0.551. The lowest BCUT2D eigenvalue weighted by Gasteiger charge is -2.05. The van der Waals surface area contributed by atoms with Gasteiger partial charge in [0.15, 0.2) is 0 Å². The van der Waals surface area contributed by atoms with E-state index in [1.54, 1.807) is 0 Å². The van der Waals surface area contributed by atoms with Crippen LogP contribution in [0.4, 0.5) is 8.78 Å². The fourth-order valence-electron chi connectivity index (χ4n) is 1.40. The first-order valence-electron chi connectivity index (χ1n) is 5.17. The van der Waals surface area contributed by atoms with E-state index >= 15 is 0 Å². The van der Waals surface area contributed by atoms with Gasteiger partial charge in [-0.15, -0.1) is 0 Å². The van der Waals surface area contributed by atoms with Crippen LogP contribution in [0.1, 0.15) is 11.4 Å². The molecule has 0 aliphatic rings. The van der Waals surface area contributed by atoms with Crippen LogP contribution in [0.15, 0.2) is 36.7 Å². The maximum Gasteiger partial charge on any atom is 0.146 e. The van der Waals surface area contributed by atoms with Crippen LogP contribution >= 0.6 is 0 Å². The quantitative estimate of drug-likeness (QED) is 0.881. The molecule has 0 aliphatic carbocycles. The van der Waals surface area contributed by atoms with Crippen LogP contribution in [0.3, 0.4) is 0 Å². The van der Waals surface area contributed by atoms with Crippen LogP contribution in [0, 0.1) is 11.6 Å². The Kier molecular flexibility index (Phi) is 3.72. The lowest BCUT2D eigenvalue weighted by atomic mass is 10.3. The van der Waals surface area contributed by atoms with Crippen molar-refractivity contribution < 1.29 is 8.78 Å². The molecule has 0 aliphatic heterocycles. The molecule has 2 rings (SSSR count). The van der Waals surface area contributed by atoms with Gasteiger partial charge in [0.2, 0.25) is 0 Å². The Morgan fingerprint density at radius 1 is 0.882 bits per heavy atom. The van der Waals surface area contributed by atoms with Crippen LogP contribution in [-0.2, 0) is 13.1 Å². The molecule has 3 nitrogen and oxygen atoms in total. The topological polar surface area (TPSA) is 37.8 Å². The van der Waals surface area contributed by atoms with Crippen molar-refractivity contribution in [1.29, 1.82) is 0 Å². The van der Waals surface area contributed by atoms with Crippen molar-refractivity contribution in [2.75, 3.05) is 0 Å². The molecular formula is C12H11F2N3. The van der Waals surface area contributed by atoms with Gasteiger partial charge in [-0.05, 0) is 24.3 Å². The van der Waals surface area contributed by atoms with Crippen molar-refractivity contribution in [2.24, 2.45) is 0 Å². The Balaban J connectivity index is 1.93. The average Bonchev–Trinajstić information content (AvgIpc) is 2.34. The molecule has 17 heavy (non-hydrogen) atoms. The van der Waals surface area contributed by atoms with E-state index in [-0.39, 0.29) is 24.7 Å². The maximum atomic E-state index is 13.2. The summed E-state index contributed by atoms with van der Waals surface area (Å²) in [4.78, 5) is 7.76. The SMILES string of the molecule is Fc1cccnc1CNCc1ncccc1F. The van der Waals surface area contributed by atoms with Crippen molar-refractivity contribution in [1.82, 2.24) is 15.3 Å². The van der Waals surface area contributed by atoms with Crippen LogP contribution < -0.4 is 5.32 Å². The monoisotopic (exact) mass is 235 g/mol. The highest BCUT2D eigenvalue weighted by Gasteiger charge is 2.04.